The molecule has 0 saturated heterocycles. The van der Waals surface area contributed by atoms with E-state index in [1.54, 1.807) is 0 Å². The first-order valence-corrected chi connectivity index (χ1v) is 16.6. The van der Waals surface area contributed by atoms with Gasteiger partial charge in [0.05, 0.1) is 5.75 Å². The maximum atomic E-state index is 14.6. The zero-order valence-electron chi connectivity index (χ0n) is 22.1. The zero-order chi connectivity index (χ0) is 27.3. The number of alkyl halides is 1. The van der Waals surface area contributed by atoms with Gasteiger partial charge in [0, 0.05) is 21.1 Å². The Morgan fingerprint density at radius 2 is 1.16 bits per heavy atom. The third-order valence-electron chi connectivity index (χ3n) is 6.41. The van der Waals surface area contributed by atoms with Crippen LogP contribution in [0.2, 0.25) is 0 Å². The topological polar surface area (TPSA) is 60.4 Å². The van der Waals surface area contributed by atoms with Crippen molar-refractivity contribution in [1.82, 2.24) is 0 Å². The van der Waals surface area contributed by atoms with Crippen molar-refractivity contribution < 1.29 is 21.2 Å². The number of hydrogen-bond acceptors (Lipinski definition) is 4. The predicted octanol–water partition coefficient (Wildman–Crippen LogP) is 8.67. The van der Waals surface area contributed by atoms with Crippen LogP contribution in [0.25, 0.3) is 0 Å². The van der Waals surface area contributed by atoms with Crippen molar-refractivity contribution in [3.63, 3.8) is 0 Å². The smallest absolute Gasteiger partial charge is 0.277 e. The molecule has 38 heavy (non-hydrogen) atoms. The molecule has 0 aliphatic heterocycles. The van der Waals surface area contributed by atoms with E-state index in [2.05, 4.69) is 6.92 Å². The maximum Gasteiger partial charge on any atom is 0.277 e. The molecule has 0 aromatic heterocycles. The van der Waals surface area contributed by atoms with Gasteiger partial charge in [-0.25, -0.2) is 8.02 Å². The van der Waals surface area contributed by atoms with Crippen molar-refractivity contribution in [3.8, 4) is 0 Å². The molecule has 0 aliphatic carbocycles. The monoisotopic (exact) mass is 558 g/mol. The predicted molar refractivity (Wildman–Crippen MR) is 154 cm³/mol. The number of Topliss-reactive ketones (excluding diaryl/α,β-unsaturated/α-hetero) is 1. The number of rotatable bonds is 17. The standard InChI is InChI=1S/C31H39FO4S2/c1-2-3-4-5-6-16-25-31(33)30(32)24-17-26-37(34,35)36-38(27-18-10-7-11-19-27,28-20-12-8-13-21-28)29-22-14-9-15-23-29/h7-15,18-23,30H,2-6,16-17,24-26H2,1H3. The lowest BCUT2D eigenvalue weighted by Gasteiger charge is -2.39. The maximum absolute atomic E-state index is 14.6. The van der Waals surface area contributed by atoms with E-state index in [1.165, 1.54) is 6.42 Å². The summed E-state index contributed by atoms with van der Waals surface area (Å²) < 4.78 is 47.6. The molecule has 0 amide bonds. The molecule has 3 aromatic carbocycles. The Morgan fingerprint density at radius 1 is 0.711 bits per heavy atom. The molecule has 3 aromatic rings. The summed E-state index contributed by atoms with van der Waals surface area (Å²) in [5.41, 5.74) is 0. The van der Waals surface area contributed by atoms with Gasteiger partial charge >= 0.3 is 0 Å². The third kappa shape index (κ3) is 8.52. The van der Waals surface area contributed by atoms with Gasteiger partial charge in [0.15, 0.2) is 12.0 Å². The van der Waals surface area contributed by atoms with Gasteiger partial charge < -0.3 is 0 Å². The molecular weight excluding hydrogens is 519 g/mol. The number of carbonyl (C=O) groups is 1. The first-order chi connectivity index (χ1) is 18.4. The number of carbonyl (C=O) groups excluding carboxylic acids is 1. The first kappa shape index (κ1) is 30.1. The Bertz CT molecular complexity index is 1110. The van der Waals surface area contributed by atoms with Crippen molar-refractivity contribution in [3.05, 3.63) is 91.0 Å². The zero-order valence-corrected chi connectivity index (χ0v) is 23.8. The Kier molecular flexibility index (Phi) is 12.0. The summed E-state index contributed by atoms with van der Waals surface area (Å²) in [4.78, 5) is 14.5. The summed E-state index contributed by atoms with van der Waals surface area (Å²) >= 11 is 0. The highest BCUT2D eigenvalue weighted by Gasteiger charge is 2.37. The van der Waals surface area contributed by atoms with Crippen LogP contribution < -0.4 is 0 Å². The van der Waals surface area contributed by atoms with E-state index in [9.17, 15) is 17.6 Å². The number of unbranched alkanes of at least 4 members (excludes halogenated alkanes) is 5. The normalized spacial score (nSPS) is 13.2. The van der Waals surface area contributed by atoms with Crippen LogP contribution in [-0.4, -0.2) is 26.1 Å². The second-order valence-electron chi connectivity index (χ2n) is 9.42. The second-order valence-corrected chi connectivity index (χ2v) is 14.0. The van der Waals surface area contributed by atoms with Crippen LogP contribution in [0, 0.1) is 0 Å². The summed E-state index contributed by atoms with van der Waals surface area (Å²) in [7, 11) is -6.70. The summed E-state index contributed by atoms with van der Waals surface area (Å²) in [5.74, 6) is -0.796. The Labute approximate surface area is 229 Å². The fourth-order valence-corrected chi connectivity index (χ4v) is 9.81. The van der Waals surface area contributed by atoms with Crippen LogP contribution in [0.5, 0.6) is 0 Å². The molecule has 1 atom stereocenters. The molecule has 0 saturated carbocycles. The second kappa shape index (κ2) is 15.2. The molecule has 0 spiro atoms. The van der Waals surface area contributed by atoms with Crippen molar-refractivity contribution in [1.29, 1.82) is 0 Å². The van der Waals surface area contributed by atoms with Gasteiger partial charge in [-0.05, 0) is 66.0 Å². The lowest BCUT2D eigenvalue weighted by Crippen LogP contribution is -2.19. The quantitative estimate of drug-likeness (QED) is 0.156. The van der Waals surface area contributed by atoms with Crippen LogP contribution in [0.15, 0.2) is 106 Å². The molecule has 0 aliphatic rings. The molecule has 4 nitrogen and oxygen atoms in total. The summed E-state index contributed by atoms with van der Waals surface area (Å²) in [5, 5.41) is 0. The first-order valence-electron chi connectivity index (χ1n) is 13.5. The molecule has 0 bridgehead atoms. The largest absolute Gasteiger partial charge is 0.296 e. The molecule has 0 N–H and O–H groups in total. The van der Waals surface area contributed by atoms with Crippen LogP contribution in [0.3, 0.4) is 0 Å². The van der Waals surface area contributed by atoms with Gasteiger partial charge in [-0.2, -0.15) is 8.42 Å². The van der Waals surface area contributed by atoms with Crippen molar-refractivity contribution in [2.24, 2.45) is 0 Å². The average molecular weight is 559 g/mol. The molecule has 0 fully saturated rings. The highest BCUT2D eigenvalue weighted by Crippen LogP contribution is 2.69. The number of hydrogen-bond donors (Lipinski definition) is 0. The summed E-state index contributed by atoms with van der Waals surface area (Å²) in [6, 6.07) is 28.1. The molecule has 7 heteroatoms. The van der Waals surface area contributed by atoms with Crippen LogP contribution >= 0.6 is 10.3 Å². The van der Waals surface area contributed by atoms with E-state index in [1.807, 2.05) is 91.0 Å². The molecule has 206 valence electrons. The Morgan fingerprint density at radius 3 is 1.63 bits per heavy atom. The van der Waals surface area contributed by atoms with Gasteiger partial charge in [-0.3, -0.25) is 4.79 Å². The highest BCUT2D eigenvalue weighted by molar-refractivity contribution is 8.33. The van der Waals surface area contributed by atoms with Crippen LogP contribution in [-0.2, 0) is 18.5 Å². The molecule has 3 rings (SSSR count). The highest BCUT2D eigenvalue weighted by atomic mass is 32.3. The van der Waals surface area contributed by atoms with Gasteiger partial charge in [0.1, 0.15) is 0 Å². The lowest BCUT2D eigenvalue weighted by molar-refractivity contribution is -0.124. The van der Waals surface area contributed by atoms with E-state index < -0.39 is 32.4 Å². The van der Waals surface area contributed by atoms with E-state index in [-0.39, 0.29) is 25.0 Å². The van der Waals surface area contributed by atoms with Gasteiger partial charge in [0.25, 0.3) is 10.1 Å². The van der Waals surface area contributed by atoms with E-state index in [4.69, 9.17) is 3.63 Å². The van der Waals surface area contributed by atoms with Crippen LogP contribution in [0.4, 0.5) is 4.39 Å². The van der Waals surface area contributed by atoms with Crippen molar-refractivity contribution in [2.75, 3.05) is 5.75 Å². The Balaban J connectivity index is 1.73. The fraction of sp³-hybridized carbons (Fsp3) is 0.387. The van der Waals surface area contributed by atoms with Crippen molar-refractivity contribution in [2.45, 2.75) is 85.6 Å². The van der Waals surface area contributed by atoms with E-state index in [0.29, 0.717) is 6.42 Å². The number of halogens is 1. The van der Waals surface area contributed by atoms with E-state index >= 15 is 0 Å². The summed E-state index contributed by atoms with van der Waals surface area (Å²) in [6.07, 6.45) is 4.59. The number of ketones is 1. The van der Waals surface area contributed by atoms with Gasteiger partial charge in [-0.15, -0.1) is 0 Å². The molecule has 0 heterocycles. The van der Waals surface area contributed by atoms with Gasteiger partial charge in [-0.1, -0.05) is 93.6 Å². The SMILES string of the molecule is CCCCCCCCC(=O)C(F)CCCS(=O)(=O)OS(c1ccccc1)(c1ccccc1)c1ccccc1. The fourth-order valence-electron chi connectivity index (χ4n) is 4.39. The molecule has 0 radical (unpaired) electrons. The average Bonchev–Trinajstić information content (AvgIpc) is 2.94. The molecular formula is C31H39FO4S2. The third-order valence-corrected chi connectivity index (χ3v) is 11.7. The molecule has 1 unspecified atom stereocenters. The van der Waals surface area contributed by atoms with E-state index in [0.717, 1.165) is 40.4 Å². The minimum atomic E-state index is -4.08. The summed E-state index contributed by atoms with van der Waals surface area (Å²) in [6.45, 7) is 2.15. The Hall–Kier alpha value is -2.48. The van der Waals surface area contributed by atoms with Gasteiger partial charge in [0.2, 0.25) is 0 Å². The number of benzene rings is 3. The van der Waals surface area contributed by atoms with Crippen molar-refractivity contribution >= 4 is 26.2 Å². The lowest BCUT2D eigenvalue weighted by atomic mass is 10.0. The minimum absolute atomic E-state index is 0.0135. The van der Waals surface area contributed by atoms with Crippen LogP contribution in [0.1, 0.15) is 64.7 Å². The minimum Gasteiger partial charge on any atom is -0.296 e.